The van der Waals surface area contributed by atoms with Gasteiger partial charge >= 0.3 is 0 Å². The fraction of sp³-hybridized carbons (Fsp3) is 0.714. The highest BCUT2D eigenvalue weighted by atomic mass is 16.5. The lowest BCUT2D eigenvalue weighted by atomic mass is 10.0. The molecule has 0 aromatic carbocycles. The Labute approximate surface area is 56.1 Å². The van der Waals surface area contributed by atoms with Crippen molar-refractivity contribution in [1.29, 1.82) is 0 Å². The number of hydrogen-bond acceptors (Lipinski definition) is 2. The fourth-order valence-electron chi connectivity index (χ4n) is 0.411. The molecule has 0 radical (unpaired) electrons. The monoisotopic (exact) mass is 130 g/mol. The molecule has 0 spiro atoms. The van der Waals surface area contributed by atoms with Crippen LogP contribution in [-0.2, 0) is 4.74 Å². The fourth-order valence-corrected chi connectivity index (χ4v) is 0.411. The summed E-state index contributed by atoms with van der Waals surface area (Å²) in [6.45, 7) is 5.76. The number of hydrogen-bond donors (Lipinski definition) is 1. The predicted molar refractivity (Wildman–Crippen MR) is 37.3 cm³/mol. The van der Waals surface area contributed by atoms with Gasteiger partial charge in [-0.2, -0.15) is 0 Å². The first-order valence-electron chi connectivity index (χ1n) is 2.97. The molecule has 0 aliphatic heterocycles. The second kappa shape index (κ2) is 3.64. The molecule has 54 valence electrons. The lowest BCUT2D eigenvalue weighted by Gasteiger charge is -2.16. The van der Waals surface area contributed by atoms with Gasteiger partial charge in [0.1, 0.15) is 0 Å². The maximum absolute atomic E-state index is 9.26. The van der Waals surface area contributed by atoms with Gasteiger partial charge in [0, 0.05) is 20.1 Å². The molecule has 2 heteroatoms. The summed E-state index contributed by atoms with van der Waals surface area (Å²) in [6.07, 6.45) is 2.12. The first-order chi connectivity index (χ1) is 4.12. The average Bonchev–Trinajstić information content (AvgIpc) is 1.84. The topological polar surface area (TPSA) is 29.5 Å². The molecule has 0 saturated heterocycles. The van der Waals surface area contributed by atoms with E-state index in [0.717, 1.165) is 0 Å². The van der Waals surface area contributed by atoms with E-state index in [2.05, 4.69) is 6.58 Å². The normalized spacial score (nSPS) is 16.8. The third kappa shape index (κ3) is 4.18. The first kappa shape index (κ1) is 8.66. The van der Waals surface area contributed by atoms with Crippen molar-refractivity contribution in [2.24, 2.45) is 0 Å². The van der Waals surface area contributed by atoms with E-state index in [1.165, 1.54) is 6.08 Å². The molecule has 0 fully saturated rings. The van der Waals surface area contributed by atoms with Crippen LogP contribution in [-0.4, -0.2) is 24.4 Å². The van der Waals surface area contributed by atoms with Gasteiger partial charge in [0.05, 0.1) is 5.60 Å². The van der Waals surface area contributed by atoms with E-state index in [4.69, 9.17) is 4.74 Å². The Balaban J connectivity index is 3.45. The molecular weight excluding hydrogens is 116 g/mol. The van der Waals surface area contributed by atoms with Crippen molar-refractivity contribution in [3.8, 4) is 0 Å². The first-order valence-corrected chi connectivity index (χ1v) is 2.97. The van der Waals surface area contributed by atoms with Crippen LogP contribution in [0.25, 0.3) is 0 Å². The third-order valence-corrected chi connectivity index (χ3v) is 1.25. The van der Waals surface area contributed by atoms with Crippen LogP contribution >= 0.6 is 0 Å². The lowest BCUT2D eigenvalue weighted by Crippen LogP contribution is -2.22. The molecule has 2 nitrogen and oxygen atoms in total. The molecule has 0 aromatic heterocycles. The summed E-state index contributed by atoms with van der Waals surface area (Å²) in [5.41, 5.74) is -0.768. The van der Waals surface area contributed by atoms with Crippen LogP contribution in [0.5, 0.6) is 0 Å². The highest BCUT2D eigenvalue weighted by Crippen LogP contribution is 2.08. The second-order valence-corrected chi connectivity index (χ2v) is 2.30. The summed E-state index contributed by atoms with van der Waals surface area (Å²) in [7, 11) is 1.61. The van der Waals surface area contributed by atoms with Crippen molar-refractivity contribution in [3.63, 3.8) is 0 Å². The second-order valence-electron chi connectivity index (χ2n) is 2.30. The van der Waals surface area contributed by atoms with Gasteiger partial charge in [0.15, 0.2) is 0 Å². The summed E-state index contributed by atoms with van der Waals surface area (Å²) in [6, 6.07) is 0. The molecule has 0 heterocycles. The molecule has 0 bridgehead atoms. The Morgan fingerprint density at radius 3 is 2.67 bits per heavy atom. The van der Waals surface area contributed by atoms with Crippen LogP contribution in [0, 0.1) is 0 Å². The molecule has 0 aliphatic rings. The van der Waals surface area contributed by atoms with Crippen molar-refractivity contribution in [3.05, 3.63) is 12.7 Å². The Bertz CT molecular complexity index is 86.9. The molecular formula is C7H14O2. The Morgan fingerprint density at radius 1 is 1.78 bits per heavy atom. The van der Waals surface area contributed by atoms with E-state index in [-0.39, 0.29) is 0 Å². The van der Waals surface area contributed by atoms with Crippen molar-refractivity contribution in [2.75, 3.05) is 13.7 Å². The maximum Gasteiger partial charge on any atom is 0.0819 e. The van der Waals surface area contributed by atoms with Gasteiger partial charge in [-0.1, -0.05) is 6.08 Å². The van der Waals surface area contributed by atoms with E-state index in [1.807, 2.05) is 0 Å². The summed E-state index contributed by atoms with van der Waals surface area (Å²) >= 11 is 0. The number of rotatable bonds is 4. The smallest absolute Gasteiger partial charge is 0.0819 e. The number of methoxy groups -OCH3 is 1. The Hall–Kier alpha value is -0.340. The SMILES string of the molecule is C=CC(C)(O)CCOC. The molecule has 1 atom stereocenters. The summed E-state index contributed by atoms with van der Waals surface area (Å²) in [5.74, 6) is 0. The van der Waals surface area contributed by atoms with Gasteiger partial charge < -0.3 is 9.84 Å². The lowest BCUT2D eigenvalue weighted by molar-refractivity contribution is 0.0653. The molecule has 0 rings (SSSR count). The zero-order chi connectivity index (χ0) is 7.33. The molecule has 1 N–H and O–H groups in total. The highest BCUT2D eigenvalue weighted by molar-refractivity contribution is 4.91. The number of ether oxygens (including phenoxy) is 1. The van der Waals surface area contributed by atoms with Crippen LogP contribution in [0.2, 0.25) is 0 Å². The molecule has 0 aromatic rings. The Morgan fingerprint density at radius 2 is 2.33 bits per heavy atom. The van der Waals surface area contributed by atoms with Crippen molar-refractivity contribution in [2.45, 2.75) is 18.9 Å². The minimum atomic E-state index is -0.768. The summed E-state index contributed by atoms with van der Waals surface area (Å²) in [5, 5.41) is 9.26. The van der Waals surface area contributed by atoms with Crippen LogP contribution < -0.4 is 0 Å². The average molecular weight is 130 g/mol. The minimum absolute atomic E-state index is 0.568. The standard InChI is InChI=1S/C7H14O2/c1-4-7(2,8)5-6-9-3/h4,8H,1,5-6H2,2-3H3. The van der Waals surface area contributed by atoms with Gasteiger partial charge in [0.2, 0.25) is 0 Å². The van der Waals surface area contributed by atoms with E-state index < -0.39 is 5.60 Å². The van der Waals surface area contributed by atoms with Gasteiger partial charge in [-0.3, -0.25) is 0 Å². The molecule has 0 aliphatic carbocycles. The van der Waals surface area contributed by atoms with Crippen LogP contribution in [0.3, 0.4) is 0 Å². The van der Waals surface area contributed by atoms with Gasteiger partial charge in [-0.25, -0.2) is 0 Å². The Kier molecular flexibility index (Phi) is 3.50. The van der Waals surface area contributed by atoms with E-state index in [9.17, 15) is 5.11 Å². The zero-order valence-corrected chi connectivity index (χ0v) is 6.05. The molecule has 0 saturated carbocycles. The molecule has 0 amide bonds. The predicted octanol–water partition coefficient (Wildman–Crippen LogP) is 0.960. The van der Waals surface area contributed by atoms with Crippen LogP contribution in [0.1, 0.15) is 13.3 Å². The van der Waals surface area contributed by atoms with Crippen LogP contribution in [0.15, 0.2) is 12.7 Å². The number of aliphatic hydroxyl groups is 1. The quantitative estimate of drug-likeness (QED) is 0.574. The van der Waals surface area contributed by atoms with Crippen molar-refractivity contribution in [1.82, 2.24) is 0 Å². The van der Waals surface area contributed by atoms with Gasteiger partial charge in [0.25, 0.3) is 0 Å². The largest absolute Gasteiger partial charge is 0.386 e. The summed E-state index contributed by atoms with van der Waals surface area (Å²) < 4.78 is 4.77. The van der Waals surface area contributed by atoms with Crippen LogP contribution in [0.4, 0.5) is 0 Å². The molecule has 1 unspecified atom stereocenters. The van der Waals surface area contributed by atoms with Crippen molar-refractivity contribution < 1.29 is 9.84 Å². The third-order valence-electron chi connectivity index (χ3n) is 1.25. The van der Waals surface area contributed by atoms with Gasteiger partial charge in [-0.15, -0.1) is 6.58 Å². The molecule has 9 heavy (non-hydrogen) atoms. The van der Waals surface area contributed by atoms with E-state index in [1.54, 1.807) is 14.0 Å². The van der Waals surface area contributed by atoms with E-state index >= 15 is 0 Å². The maximum atomic E-state index is 9.26. The van der Waals surface area contributed by atoms with Crippen molar-refractivity contribution >= 4 is 0 Å². The van der Waals surface area contributed by atoms with Gasteiger partial charge in [-0.05, 0) is 6.92 Å². The van der Waals surface area contributed by atoms with E-state index in [0.29, 0.717) is 13.0 Å². The highest BCUT2D eigenvalue weighted by Gasteiger charge is 2.13. The summed E-state index contributed by atoms with van der Waals surface area (Å²) in [4.78, 5) is 0. The minimum Gasteiger partial charge on any atom is -0.386 e. The zero-order valence-electron chi connectivity index (χ0n) is 6.05.